The van der Waals surface area contributed by atoms with Gasteiger partial charge < -0.3 is 14.9 Å². The number of carboxylic acid groups (broad SMARTS) is 2. The second kappa shape index (κ2) is 7.92. The average Bonchev–Trinajstić information content (AvgIpc) is 2.53. The Kier molecular flexibility index (Phi) is 5.93. The molecule has 1 aromatic rings. The topological polar surface area (TPSA) is 83.8 Å². The van der Waals surface area contributed by atoms with Crippen molar-refractivity contribution < 1.29 is 24.5 Å². The zero-order chi connectivity index (χ0) is 16.8. The molecule has 3 atom stereocenters. The predicted octanol–water partition coefficient (Wildman–Crippen LogP) is 2.54. The molecule has 124 valence electrons. The lowest BCUT2D eigenvalue weighted by molar-refractivity contribution is -0.164. The first-order valence-electron chi connectivity index (χ1n) is 7.77. The molecule has 2 rings (SSSR count). The van der Waals surface area contributed by atoms with Crippen molar-refractivity contribution in [1.82, 2.24) is 0 Å². The third-order valence-corrected chi connectivity index (χ3v) is 4.36. The van der Waals surface area contributed by atoms with Gasteiger partial charge in [0.1, 0.15) is 0 Å². The minimum absolute atomic E-state index is 0.0221. The van der Waals surface area contributed by atoms with Crippen LogP contribution in [0.2, 0.25) is 0 Å². The molecule has 0 saturated heterocycles. The van der Waals surface area contributed by atoms with E-state index in [0.717, 1.165) is 19.3 Å². The zero-order valence-electron chi connectivity index (χ0n) is 13.0. The summed E-state index contributed by atoms with van der Waals surface area (Å²) in [6.45, 7) is 3.49. The van der Waals surface area contributed by atoms with Crippen molar-refractivity contribution in [3.05, 3.63) is 48.0 Å². The standard InChI is InChI=1S/C18H22O5/c1-2-9-23-16(18(21)22)15(17(19)20)11-12-7-8-13-5-3-4-6-14(13)10-12/h2-6,12,15-16H,1,7-11H2,(H,19,20)(H,21,22)/t12-,15-,16+/m1/s1. The molecule has 0 amide bonds. The Morgan fingerprint density at radius 3 is 2.57 bits per heavy atom. The number of benzene rings is 1. The number of hydrogen-bond acceptors (Lipinski definition) is 3. The van der Waals surface area contributed by atoms with Crippen LogP contribution >= 0.6 is 0 Å². The first-order chi connectivity index (χ1) is 11.0. The quantitative estimate of drug-likeness (QED) is 0.720. The summed E-state index contributed by atoms with van der Waals surface area (Å²) in [5.74, 6) is -3.27. The Bertz CT molecular complexity index is 581. The van der Waals surface area contributed by atoms with Gasteiger partial charge in [0, 0.05) is 0 Å². The van der Waals surface area contributed by atoms with Crippen LogP contribution in [0.5, 0.6) is 0 Å². The van der Waals surface area contributed by atoms with Crippen LogP contribution in [-0.2, 0) is 27.2 Å². The number of ether oxygens (including phenoxy) is 1. The van der Waals surface area contributed by atoms with Gasteiger partial charge in [-0.1, -0.05) is 30.3 Å². The molecule has 5 heteroatoms. The molecule has 0 fully saturated rings. The third-order valence-electron chi connectivity index (χ3n) is 4.36. The van der Waals surface area contributed by atoms with Crippen LogP contribution in [0.3, 0.4) is 0 Å². The molecule has 0 unspecified atom stereocenters. The van der Waals surface area contributed by atoms with E-state index in [1.165, 1.54) is 17.2 Å². The van der Waals surface area contributed by atoms with Crippen molar-refractivity contribution in [2.45, 2.75) is 31.8 Å². The summed E-state index contributed by atoms with van der Waals surface area (Å²) in [5.41, 5.74) is 2.53. The van der Waals surface area contributed by atoms with Crippen molar-refractivity contribution in [2.75, 3.05) is 6.61 Å². The molecular weight excluding hydrogens is 296 g/mol. The molecule has 0 bridgehead atoms. The fourth-order valence-electron chi connectivity index (χ4n) is 3.22. The Balaban J connectivity index is 2.09. The normalized spacial score (nSPS) is 19.4. The minimum atomic E-state index is -1.34. The van der Waals surface area contributed by atoms with Crippen LogP contribution in [0.1, 0.15) is 24.0 Å². The van der Waals surface area contributed by atoms with E-state index in [1.54, 1.807) is 0 Å². The minimum Gasteiger partial charge on any atom is -0.481 e. The highest BCUT2D eigenvalue weighted by molar-refractivity contribution is 5.81. The van der Waals surface area contributed by atoms with E-state index in [2.05, 4.69) is 18.7 Å². The summed E-state index contributed by atoms with van der Waals surface area (Å²) >= 11 is 0. The molecule has 1 aliphatic carbocycles. The molecule has 0 heterocycles. The number of aliphatic carboxylic acids is 2. The Labute approximate surface area is 135 Å². The van der Waals surface area contributed by atoms with Gasteiger partial charge in [-0.2, -0.15) is 0 Å². The summed E-state index contributed by atoms with van der Waals surface area (Å²) in [6, 6.07) is 8.12. The van der Waals surface area contributed by atoms with E-state index in [4.69, 9.17) is 4.74 Å². The van der Waals surface area contributed by atoms with Crippen molar-refractivity contribution in [3.63, 3.8) is 0 Å². The van der Waals surface area contributed by atoms with Crippen molar-refractivity contribution in [3.8, 4) is 0 Å². The van der Waals surface area contributed by atoms with E-state index in [-0.39, 0.29) is 12.5 Å². The number of fused-ring (bicyclic) bond motifs is 1. The summed E-state index contributed by atoms with van der Waals surface area (Å²) < 4.78 is 5.19. The molecular formula is C18H22O5. The van der Waals surface area contributed by atoms with Gasteiger partial charge in [-0.05, 0) is 42.7 Å². The molecule has 0 aromatic heterocycles. The second-order valence-electron chi connectivity index (χ2n) is 5.94. The average molecular weight is 318 g/mol. The lowest BCUT2D eigenvalue weighted by Crippen LogP contribution is -2.39. The Morgan fingerprint density at radius 1 is 1.26 bits per heavy atom. The number of hydrogen-bond donors (Lipinski definition) is 2. The molecule has 23 heavy (non-hydrogen) atoms. The van der Waals surface area contributed by atoms with Crippen molar-refractivity contribution in [1.29, 1.82) is 0 Å². The zero-order valence-corrected chi connectivity index (χ0v) is 13.0. The summed E-state index contributed by atoms with van der Waals surface area (Å²) in [4.78, 5) is 22.9. The van der Waals surface area contributed by atoms with Crippen molar-refractivity contribution >= 4 is 11.9 Å². The third kappa shape index (κ3) is 4.42. The van der Waals surface area contributed by atoms with Crippen LogP contribution in [-0.4, -0.2) is 34.9 Å². The number of aryl methyl sites for hydroxylation is 1. The Hall–Kier alpha value is -2.14. The smallest absolute Gasteiger partial charge is 0.333 e. The fraction of sp³-hybridized carbons (Fsp3) is 0.444. The molecule has 0 radical (unpaired) electrons. The lowest BCUT2D eigenvalue weighted by Gasteiger charge is -2.28. The van der Waals surface area contributed by atoms with E-state index in [1.807, 2.05) is 12.1 Å². The van der Waals surface area contributed by atoms with E-state index >= 15 is 0 Å². The van der Waals surface area contributed by atoms with Gasteiger partial charge in [0.15, 0.2) is 6.10 Å². The van der Waals surface area contributed by atoms with E-state index in [0.29, 0.717) is 6.42 Å². The molecule has 0 aliphatic heterocycles. The monoisotopic (exact) mass is 318 g/mol. The van der Waals surface area contributed by atoms with Crippen molar-refractivity contribution in [2.24, 2.45) is 11.8 Å². The number of rotatable bonds is 8. The van der Waals surface area contributed by atoms with Gasteiger partial charge in [0.25, 0.3) is 0 Å². The molecule has 1 aliphatic rings. The van der Waals surface area contributed by atoms with Gasteiger partial charge >= 0.3 is 11.9 Å². The van der Waals surface area contributed by atoms with Gasteiger partial charge in [-0.15, -0.1) is 6.58 Å². The highest BCUT2D eigenvalue weighted by atomic mass is 16.5. The van der Waals surface area contributed by atoms with Gasteiger partial charge in [0.2, 0.25) is 0 Å². The largest absolute Gasteiger partial charge is 0.481 e. The molecule has 0 spiro atoms. The number of carbonyl (C=O) groups is 2. The Morgan fingerprint density at radius 2 is 1.96 bits per heavy atom. The maximum atomic E-state index is 11.6. The van der Waals surface area contributed by atoms with Crippen LogP contribution in [0.4, 0.5) is 0 Å². The number of carboxylic acids is 2. The summed E-state index contributed by atoms with van der Waals surface area (Å²) in [6.07, 6.45) is 2.94. The maximum absolute atomic E-state index is 11.6. The van der Waals surface area contributed by atoms with Crippen LogP contribution < -0.4 is 0 Å². The molecule has 2 N–H and O–H groups in total. The second-order valence-corrected chi connectivity index (χ2v) is 5.94. The van der Waals surface area contributed by atoms with Gasteiger partial charge in [-0.3, -0.25) is 4.79 Å². The molecule has 0 saturated carbocycles. The highest BCUT2D eigenvalue weighted by Gasteiger charge is 2.37. The first-order valence-corrected chi connectivity index (χ1v) is 7.77. The maximum Gasteiger partial charge on any atom is 0.333 e. The summed E-state index contributed by atoms with van der Waals surface area (Å²) in [7, 11) is 0. The summed E-state index contributed by atoms with van der Waals surface area (Å²) in [5, 5.41) is 18.7. The predicted molar refractivity (Wildman–Crippen MR) is 85.3 cm³/mol. The van der Waals surface area contributed by atoms with E-state index < -0.39 is 24.0 Å². The fourth-order valence-corrected chi connectivity index (χ4v) is 3.22. The van der Waals surface area contributed by atoms with Crippen LogP contribution in [0, 0.1) is 11.8 Å². The van der Waals surface area contributed by atoms with Gasteiger partial charge in [-0.25, -0.2) is 4.79 Å². The SMILES string of the molecule is C=CCO[C@H](C(=O)O)[C@@H](C[C@@H]1CCc2ccccc2C1)C(=O)O. The molecule has 1 aromatic carbocycles. The highest BCUT2D eigenvalue weighted by Crippen LogP contribution is 2.31. The van der Waals surface area contributed by atoms with Crippen LogP contribution in [0.25, 0.3) is 0 Å². The lowest BCUT2D eigenvalue weighted by atomic mass is 9.78. The van der Waals surface area contributed by atoms with E-state index in [9.17, 15) is 19.8 Å². The van der Waals surface area contributed by atoms with Crippen LogP contribution in [0.15, 0.2) is 36.9 Å². The molecule has 5 nitrogen and oxygen atoms in total. The first kappa shape index (κ1) is 17.2. The van der Waals surface area contributed by atoms with Gasteiger partial charge in [0.05, 0.1) is 12.5 Å².